The van der Waals surface area contributed by atoms with Crippen LogP contribution in [0.1, 0.15) is 23.2 Å². The van der Waals surface area contributed by atoms with E-state index in [2.05, 4.69) is 0 Å². The Balaban J connectivity index is 1.99. The molecule has 1 aliphatic heterocycles. The van der Waals surface area contributed by atoms with Crippen molar-refractivity contribution < 1.29 is 9.90 Å². The SMILES string of the molecule is O=C(c1ccc(Cl)cc1)N1CCC(CCO)C1. The first-order valence-electron chi connectivity index (χ1n) is 5.86. The molecule has 1 unspecified atom stereocenters. The zero-order chi connectivity index (χ0) is 12.3. The third-order valence-corrected chi connectivity index (χ3v) is 3.45. The van der Waals surface area contributed by atoms with Crippen LogP contribution in [0.15, 0.2) is 24.3 Å². The number of halogens is 1. The van der Waals surface area contributed by atoms with E-state index in [1.807, 2.05) is 4.90 Å². The molecule has 0 aromatic heterocycles. The van der Waals surface area contributed by atoms with Crippen molar-refractivity contribution in [2.45, 2.75) is 12.8 Å². The van der Waals surface area contributed by atoms with E-state index in [-0.39, 0.29) is 12.5 Å². The van der Waals surface area contributed by atoms with Crippen molar-refractivity contribution in [3.05, 3.63) is 34.9 Å². The second-order valence-electron chi connectivity index (χ2n) is 4.43. The molecule has 0 radical (unpaired) electrons. The Kier molecular flexibility index (Phi) is 4.02. The number of nitrogens with zero attached hydrogens (tertiary/aromatic N) is 1. The van der Waals surface area contributed by atoms with Gasteiger partial charge in [-0.15, -0.1) is 0 Å². The van der Waals surface area contributed by atoms with Crippen LogP contribution in [-0.4, -0.2) is 35.6 Å². The molecule has 0 saturated carbocycles. The average Bonchev–Trinajstić information content (AvgIpc) is 2.78. The Labute approximate surface area is 106 Å². The monoisotopic (exact) mass is 253 g/mol. The van der Waals surface area contributed by atoms with Crippen molar-refractivity contribution in [1.82, 2.24) is 4.90 Å². The number of benzene rings is 1. The lowest BCUT2D eigenvalue weighted by atomic mass is 10.1. The van der Waals surface area contributed by atoms with Crippen LogP contribution >= 0.6 is 11.6 Å². The summed E-state index contributed by atoms with van der Waals surface area (Å²) in [5.41, 5.74) is 0.680. The zero-order valence-electron chi connectivity index (χ0n) is 9.60. The molecule has 0 spiro atoms. The first kappa shape index (κ1) is 12.4. The van der Waals surface area contributed by atoms with E-state index in [4.69, 9.17) is 16.7 Å². The summed E-state index contributed by atoms with van der Waals surface area (Å²) in [4.78, 5) is 14.0. The number of carbonyl (C=O) groups excluding carboxylic acids is 1. The molecule has 3 nitrogen and oxygen atoms in total. The highest BCUT2D eigenvalue weighted by molar-refractivity contribution is 6.30. The normalized spacial score (nSPS) is 19.6. The van der Waals surface area contributed by atoms with Gasteiger partial charge >= 0.3 is 0 Å². The predicted molar refractivity (Wildman–Crippen MR) is 67.2 cm³/mol. The summed E-state index contributed by atoms with van der Waals surface area (Å²) in [5.74, 6) is 0.498. The molecular formula is C13H16ClNO2. The average molecular weight is 254 g/mol. The lowest BCUT2D eigenvalue weighted by Crippen LogP contribution is -2.28. The van der Waals surface area contributed by atoms with Crippen molar-refractivity contribution in [1.29, 1.82) is 0 Å². The van der Waals surface area contributed by atoms with Crippen molar-refractivity contribution in [3.63, 3.8) is 0 Å². The van der Waals surface area contributed by atoms with Gasteiger partial charge in [-0.25, -0.2) is 0 Å². The molecule has 4 heteroatoms. The fraction of sp³-hybridized carbons (Fsp3) is 0.462. The van der Waals surface area contributed by atoms with Gasteiger partial charge in [-0.3, -0.25) is 4.79 Å². The Bertz CT molecular complexity index is 391. The van der Waals surface area contributed by atoms with Gasteiger partial charge in [-0.1, -0.05) is 11.6 Å². The molecular weight excluding hydrogens is 238 g/mol. The minimum absolute atomic E-state index is 0.0575. The number of aliphatic hydroxyl groups excluding tert-OH is 1. The van der Waals surface area contributed by atoms with Crippen LogP contribution in [0.4, 0.5) is 0 Å². The van der Waals surface area contributed by atoms with Crippen molar-refractivity contribution in [3.8, 4) is 0 Å². The minimum atomic E-state index is 0.0575. The topological polar surface area (TPSA) is 40.5 Å². The number of hydrogen-bond donors (Lipinski definition) is 1. The van der Waals surface area contributed by atoms with Gasteiger partial charge in [0.2, 0.25) is 0 Å². The quantitative estimate of drug-likeness (QED) is 0.897. The molecule has 1 saturated heterocycles. The van der Waals surface area contributed by atoms with Gasteiger partial charge in [-0.2, -0.15) is 0 Å². The number of likely N-dealkylation sites (tertiary alicyclic amines) is 1. The van der Waals surface area contributed by atoms with Crippen LogP contribution < -0.4 is 0 Å². The number of hydrogen-bond acceptors (Lipinski definition) is 2. The van der Waals surface area contributed by atoms with E-state index >= 15 is 0 Å². The van der Waals surface area contributed by atoms with Gasteiger partial charge in [-0.05, 0) is 43.0 Å². The Hall–Kier alpha value is -1.06. The molecule has 1 aromatic rings. The van der Waals surface area contributed by atoms with Gasteiger partial charge in [0.15, 0.2) is 0 Å². The largest absolute Gasteiger partial charge is 0.396 e. The van der Waals surface area contributed by atoms with E-state index < -0.39 is 0 Å². The Morgan fingerprint density at radius 3 is 2.76 bits per heavy atom. The first-order valence-corrected chi connectivity index (χ1v) is 6.24. The smallest absolute Gasteiger partial charge is 0.253 e. The summed E-state index contributed by atoms with van der Waals surface area (Å²) in [7, 11) is 0. The van der Waals surface area contributed by atoms with Crippen LogP contribution in [0.25, 0.3) is 0 Å². The van der Waals surface area contributed by atoms with E-state index in [0.29, 0.717) is 16.5 Å². The molecule has 1 aliphatic rings. The first-order chi connectivity index (χ1) is 8.20. The summed E-state index contributed by atoms with van der Waals surface area (Å²) >= 11 is 5.79. The molecule has 92 valence electrons. The van der Waals surface area contributed by atoms with Crippen LogP contribution in [0, 0.1) is 5.92 Å². The van der Waals surface area contributed by atoms with E-state index in [9.17, 15) is 4.79 Å². The molecule has 1 fully saturated rings. The maximum atomic E-state index is 12.1. The lowest BCUT2D eigenvalue weighted by molar-refractivity contribution is 0.0785. The molecule has 0 aliphatic carbocycles. The standard InChI is InChI=1S/C13H16ClNO2/c14-12-3-1-11(2-4-12)13(17)15-7-5-10(9-15)6-8-16/h1-4,10,16H,5-9H2. The highest BCUT2D eigenvalue weighted by atomic mass is 35.5. The second kappa shape index (κ2) is 5.52. The fourth-order valence-electron chi connectivity index (χ4n) is 2.21. The minimum Gasteiger partial charge on any atom is -0.396 e. The Morgan fingerprint density at radius 2 is 2.12 bits per heavy atom. The molecule has 17 heavy (non-hydrogen) atoms. The highest BCUT2D eigenvalue weighted by Crippen LogP contribution is 2.21. The molecule has 1 amide bonds. The maximum absolute atomic E-state index is 12.1. The lowest BCUT2D eigenvalue weighted by Gasteiger charge is -2.16. The van der Waals surface area contributed by atoms with Gasteiger partial charge in [0, 0.05) is 30.3 Å². The summed E-state index contributed by atoms with van der Waals surface area (Å²) in [5, 5.41) is 9.52. The van der Waals surface area contributed by atoms with Crippen LogP contribution in [0.5, 0.6) is 0 Å². The summed E-state index contributed by atoms with van der Waals surface area (Å²) in [6.45, 7) is 1.74. The van der Waals surface area contributed by atoms with Crippen LogP contribution in [0.3, 0.4) is 0 Å². The van der Waals surface area contributed by atoms with Crippen molar-refractivity contribution in [2.75, 3.05) is 19.7 Å². The van der Waals surface area contributed by atoms with Crippen LogP contribution in [-0.2, 0) is 0 Å². The third-order valence-electron chi connectivity index (χ3n) is 3.20. The fourth-order valence-corrected chi connectivity index (χ4v) is 2.34. The predicted octanol–water partition coefficient (Wildman–Crippen LogP) is 2.18. The molecule has 1 heterocycles. The van der Waals surface area contributed by atoms with Crippen molar-refractivity contribution >= 4 is 17.5 Å². The molecule has 1 atom stereocenters. The number of amides is 1. The van der Waals surface area contributed by atoms with Gasteiger partial charge in [0.1, 0.15) is 0 Å². The molecule has 2 rings (SSSR count). The van der Waals surface area contributed by atoms with E-state index in [1.54, 1.807) is 24.3 Å². The maximum Gasteiger partial charge on any atom is 0.253 e. The van der Waals surface area contributed by atoms with E-state index in [0.717, 1.165) is 25.9 Å². The van der Waals surface area contributed by atoms with Crippen molar-refractivity contribution in [2.24, 2.45) is 5.92 Å². The zero-order valence-corrected chi connectivity index (χ0v) is 10.4. The second-order valence-corrected chi connectivity index (χ2v) is 4.86. The summed E-state index contributed by atoms with van der Waals surface area (Å²) in [6.07, 6.45) is 1.77. The van der Waals surface area contributed by atoms with Gasteiger partial charge < -0.3 is 10.0 Å². The van der Waals surface area contributed by atoms with Gasteiger partial charge in [0.05, 0.1) is 0 Å². The van der Waals surface area contributed by atoms with Crippen LogP contribution in [0.2, 0.25) is 5.02 Å². The number of carbonyl (C=O) groups is 1. The molecule has 1 N–H and O–H groups in total. The Morgan fingerprint density at radius 1 is 1.41 bits per heavy atom. The molecule has 0 bridgehead atoms. The summed E-state index contributed by atoms with van der Waals surface area (Å²) < 4.78 is 0. The van der Waals surface area contributed by atoms with Gasteiger partial charge in [0.25, 0.3) is 5.91 Å². The molecule has 1 aromatic carbocycles. The van der Waals surface area contributed by atoms with E-state index in [1.165, 1.54) is 0 Å². The summed E-state index contributed by atoms with van der Waals surface area (Å²) in [6, 6.07) is 6.97. The number of aliphatic hydroxyl groups is 1. The number of rotatable bonds is 3. The third kappa shape index (κ3) is 2.99. The highest BCUT2D eigenvalue weighted by Gasteiger charge is 2.26.